The largest absolute Gasteiger partial charge is 0.330 e. The van der Waals surface area contributed by atoms with Crippen LogP contribution in [0.1, 0.15) is 46.2 Å². The van der Waals surface area contributed by atoms with Crippen LogP contribution in [0.5, 0.6) is 0 Å². The van der Waals surface area contributed by atoms with Gasteiger partial charge in [0.15, 0.2) is 0 Å². The van der Waals surface area contributed by atoms with E-state index in [1.54, 1.807) is 0 Å². The standard InChI is InChI=1S/C14H28N4/c1-6-17(11-14(4,5)10-15)12(3)13-8-16-18(7-2)9-13/h8-9,12H,6-7,10-11,15H2,1-5H3. The van der Waals surface area contributed by atoms with Crippen molar-refractivity contribution in [3.63, 3.8) is 0 Å². The van der Waals surface area contributed by atoms with Crippen LogP contribution in [0.15, 0.2) is 12.4 Å². The van der Waals surface area contributed by atoms with Crippen molar-refractivity contribution in [2.24, 2.45) is 11.1 Å². The van der Waals surface area contributed by atoms with Gasteiger partial charge in [-0.15, -0.1) is 0 Å². The molecular formula is C14H28N4. The maximum Gasteiger partial charge on any atom is 0.0537 e. The Bertz CT molecular complexity index is 356. The number of hydrogen-bond donors (Lipinski definition) is 1. The van der Waals surface area contributed by atoms with E-state index in [-0.39, 0.29) is 5.41 Å². The van der Waals surface area contributed by atoms with Crippen molar-refractivity contribution in [3.05, 3.63) is 18.0 Å². The van der Waals surface area contributed by atoms with Crippen molar-refractivity contribution in [1.82, 2.24) is 14.7 Å². The van der Waals surface area contributed by atoms with Gasteiger partial charge in [0.05, 0.1) is 6.20 Å². The highest BCUT2D eigenvalue weighted by molar-refractivity contribution is 5.09. The first-order valence-electron chi connectivity index (χ1n) is 6.90. The first-order chi connectivity index (χ1) is 8.43. The number of hydrogen-bond acceptors (Lipinski definition) is 3. The van der Waals surface area contributed by atoms with Gasteiger partial charge in [-0.3, -0.25) is 9.58 Å². The predicted molar refractivity (Wildman–Crippen MR) is 76.4 cm³/mol. The van der Waals surface area contributed by atoms with Crippen molar-refractivity contribution >= 4 is 0 Å². The molecule has 0 aliphatic rings. The lowest BCUT2D eigenvalue weighted by atomic mass is 9.92. The van der Waals surface area contributed by atoms with Crippen LogP contribution in [0, 0.1) is 5.41 Å². The molecule has 4 heteroatoms. The highest BCUT2D eigenvalue weighted by Gasteiger charge is 2.23. The lowest BCUT2D eigenvalue weighted by Gasteiger charge is -2.34. The lowest BCUT2D eigenvalue weighted by molar-refractivity contribution is 0.148. The fourth-order valence-electron chi connectivity index (χ4n) is 2.12. The zero-order valence-electron chi connectivity index (χ0n) is 12.5. The summed E-state index contributed by atoms with van der Waals surface area (Å²) in [5.41, 5.74) is 7.27. The quantitative estimate of drug-likeness (QED) is 0.810. The van der Waals surface area contributed by atoms with Gasteiger partial charge in [0.2, 0.25) is 0 Å². The summed E-state index contributed by atoms with van der Waals surface area (Å²) in [7, 11) is 0. The summed E-state index contributed by atoms with van der Waals surface area (Å²) in [6, 6.07) is 0.390. The van der Waals surface area contributed by atoms with Crippen LogP contribution in [0.3, 0.4) is 0 Å². The van der Waals surface area contributed by atoms with Crippen LogP contribution in [0.2, 0.25) is 0 Å². The van der Waals surface area contributed by atoms with Crippen molar-refractivity contribution in [2.75, 3.05) is 19.6 Å². The van der Waals surface area contributed by atoms with Gasteiger partial charge in [0, 0.05) is 30.9 Å². The Balaban J connectivity index is 2.75. The monoisotopic (exact) mass is 252 g/mol. The molecule has 4 nitrogen and oxygen atoms in total. The number of aryl methyl sites for hydroxylation is 1. The second-order valence-corrected chi connectivity index (χ2v) is 5.74. The van der Waals surface area contributed by atoms with Crippen molar-refractivity contribution in [2.45, 2.75) is 47.2 Å². The molecule has 2 N–H and O–H groups in total. The molecule has 0 aliphatic carbocycles. The van der Waals surface area contributed by atoms with Gasteiger partial charge in [0.1, 0.15) is 0 Å². The Morgan fingerprint density at radius 1 is 1.44 bits per heavy atom. The second-order valence-electron chi connectivity index (χ2n) is 5.74. The molecule has 0 aromatic carbocycles. The van der Waals surface area contributed by atoms with E-state index in [1.807, 2.05) is 10.9 Å². The van der Waals surface area contributed by atoms with Crippen LogP contribution in [-0.4, -0.2) is 34.3 Å². The van der Waals surface area contributed by atoms with E-state index in [0.717, 1.165) is 19.6 Å². The van der Waals surface area contributed by atoms with E-state index in [1.165, 1.54) is 5.56 Å². The summed E-state index contributed by atoms with van der Waals surface area (Å²) in [5.74, 6) is 0. The first-order valence-corrected chi connectivity index (χ1v) is 6.90. The Morgan fingerprint density at radius 2 is 2.11 bits per heavy atom. The van der Waals surface area contributed by atoms with E-state index >= 15 is 0 Å². The summed E-state index contributed by atoms with van der Waals surface area (Å²) in [6.07, 6.45) is 4.12. The van der Waals surface area contributed by atoms with Gasteiger partial charge in [-0.2, -0.15) is 5.10 Å². The Morgan fingerprint density at radius 3 is 2.56 bits per heavy atom. The van der Waals surface area contributed by atoms with Gasteiger partial charge < -0.3 is 5.73 Å². The summed E-state index contributed by atoms with van der Waals surface area (Å²) in [6.45, 7) is 14.7. The first kappa shape index (κ1) is 15.2. The van der Waals surface area contributed by atoms with Gasteiger partial charge in [-0.25, -0.2) is 0 Å². The highest BCUT2D eigenvalue weighted by atomic mass is 15.3. The fourth-order valence-corrected chi connectivity index (χ4v) is 2.12. The molecular weight excluding hydrogens is 224 g/mol. The molecule has 1 rings (SSSR count). The molecule has 0 spiro atoms. The molecule has 0 aliphatic heterocycles. The molecule has 0 fully saturated rings. The van der Waals surface area contributed by atoms with E-state index in [4.69, 9.17) is 5.73 Å². The van der Waals surface area contributed by atoms with Crippen molar-refractivity contribution in [1.29, 1.82) is 0 Å². The van der Waals surface area contributed by atoms with Gasteiger partial charge in [-0.1, -0.05) is 20.8 Å². The van der Waals surface area contributed by atoms with Gasteiger partial charge in [0.25, 0.3) is 0 Å². The summed E-state index contributed by atoms with van der Waals surface area (Å²) >= 11 is 0. The molecule has 18 heavy (non-hydrogen) atoms. The third kappa shape index (κ3) is 3.82. The molecule has 0 saturated carbocycles. The molecule has 0 saturated heterocycles. The normalized spacial score (nSPS) is 14.2. The summed E-state index contributed by atoms with van der Waals surface area (Å²) in [4.78, 5) is 2.46. The maximum atomic E-state index is 5.83. The van der Waals surface area contributed by atoms with Crippen LogP contribution in [0.4, 0.5) is 0 Å². The molecule has 1 unspecified atom stereocenters. The average molecular weight is 252 g/mol. The van der Waals surface area contributed by atoms with Crippen LogP contribution in [0.25, 0.3) is 0 Å². The number of rotatable bonds is 7. The predicted octanol–water partition coefficient (Wildman–Crippen LogP) is 2.27. The lowest BCUT2D eigenvalue weighted by Crippen LogP contribution is -2.39. The average Bonchev–Trinajstić information content (AvgIpc) is 2.84. The third-order valence-corrected chi connectivity index (χ3v) is 3.60. The minimum absolute atomic E-state index is 0.158. The molecule has 0 bridgehead atoms. The van der Waals surface area contributed by atoms with Crippen molar-refractivity contribution in [3.8, 4) is 0 Å². The number of nitrogens with zero attached hydrogens (tertiary/aromatic N) is 3. The van der Waals surface area contributed by atoms with Gasteiger partial charge >= 0.3 is 0 Å². The second kappa shape index (κ2) is 6.34. The van der Waals surface area contributed by atoms with Crippen LogP contribution in [-0.2, 0) is 6.54 Å². The minimum atomic E-state index is 0.158. The molecule has 1 aromatic heterocycles. The molecule has 104 valence electrons. The maximum absolute atomic E-state index is 5.83. The van der Waals surface area contributed by atoms with Crippen molar-refractivity contribution < 1.29 is 0 Å². The van der Waals surface area contributed by atoms with E-state index in [9.17, 15) is 0 Å². The van der Waals surface area contributed by atoms with Gasteiger partial charge in [-0.05, 0) is 32.4 Å². The Hall–Kier alpha value is -0.870. The summed E-state index contributed by atoms with van der Waals surface area (Å²) in [5, 5.41) is 4.35. The Kier molecular flexibility index (Phi) is 5.35. The topological polar surface area (TPSA) is 47.1 Å². The molecule has 1 atom stereocenters. The number of aromatic nitrogens is 2. The van der Waals surface area contributed by atoms with E-state index < -0.39 is 0 Å². The summed E-state index contributed by atoms with van der Waals surface area (Å²) < 4.78 is 1.98. The third-order valence-electron chi connectivity index (χ3n) is 3.60. The SMILES string of the molecule is CCN(CC(C)(C)CN)C(C)c1cnn(CC)c1. The minimum Gasteiger partial charge on any atom is -0.330 e. The Labute approximate surface area is 111 Å². The number of nitrogens with two attached hydrogens (primary N) is 1. The molecule has 0 radical (unpaired) electrons. The smallest absolute Gasteiger partial charge is 0.0537 e. The molecule has 1 aromatic rings. The van der Waals surface area contributed by atoms with Crippen LogP contribution < -0.4 is 5.73 Å². The fraction of sp³-hybridized carbons (Fsp3) is 0.786. The van der Waals surface area contributed by atoms with E-state index in [2.05, 4.69) is 50.8 Å². The highest BCUT2D eigenvalue weighted by Crippen LogP contribution is 2.24. The molecule has 0 amide bonds. The zero-order chi connectivity index (χ0) is 13.8. The van der Waals surface area contributed by atoms with Crippen LogP contribution >= 0.6 is 0 Å². The molecule has 1 heterocycles. The van der Waals surface area contributed by atoms with E-state index in [0.29, 0.717) is 12.6 Å². The zero-order valence-corrected chi connectivity index (χ0v) is 12.5.